The van der Waals surface area contributed by atoms with Gasteiger partial charge in [0, 0.05) is 28.2 Å². The molecule has 1 aliphatic heterocycles. The van der Waals surface area contributed by atoms with Gasteiger partial charge in [-0.25, -0.2) is 0 Å². The zero-order chi connectivity index (χ0) is 8.55. The zero-order valence-electron chi connectivity index (χ0n) is 5.99. The number of hydrogen-bond acceptors (Lipinski definition) is 3. The molecule has 1 unspecified atom stereocenters. The molecule has 1 heterocycles. The topological polar surface area (TPSA) is 35.5 Å². The van der Waals surface area contributed by atoms with Crippen LogP contribution in [0.1, 0.15) is 10.4 Å². The summed E-state index contributed by atoms with van der Waals surface area (Å²) in [5, 5.41) is 0. The Morgan fingerprint density at radius 1 is 1.33 bits per heavy atom. The van der Waals surface area contributed by atoms with E-state index in [1.165, 1.54) is 0 Å². The van der Waals surface area contributed by atoms with E-state index in [2.05, 4.69) is 0 Å². The number of hydrogen-bond donors (Lipinski definition) is 0. The second-order valence-electron chi connectivity index (χ2n) is 2.33. The van der Waals surface area contributed by atoms with E-state index in [4.69, 9.17) is 9.47 Å². The SMILES string of the molecule is O=Cc1ccc2c(c1)OC(I)O2. The van der Waals surface area contributed by atoms with E-state index in [0.29, 0.717) is 17.1 Å². The van der Waals surface area contributed by atoms with Gasteiger partial charge in [-0.1, -0.05) is 0 Å². The first-order valence-electron chi connectivity index (χ1n) is 3.36. The summed E-state index contributed by atoms with van der Waals surface area (Å²) < 4.78 is 10.2. The van der Waals surface area contributed by atoms with Gasteiger partial charge in [-0.3, -0.25) is 4.79 Å². The van der Waals surface area contributed by atoms with Crippen molar-refractivity contribution in [1.29, 1.82) is 0 Å². The van der Waals surface area contributed by atoms with Crippen LogP contribution >= 0.6 is 22.6 Å². The molecule has 0 aliphatic carbocycles. The van der Waals surface area contributed by atoms with E-state index in [1.54, 1.807) is 18.2 Å². The highest BCUT2D eigenvalue weighted by molar-refractivity contribution is 14.1. The molecule has 0 aromatic heterocycles. The first kappa shape index (κ1) is 7.85. The number of benzene rings is 1. The standard InChI is InChI=1S/C8H5IO3/c9-8-11-6-2-1-5(4-10)3-7(6)12-8/h1-4,8H. The van der Waals surface area contributed by atoms with E-state index >= 15 is 0 Å². The molecule has 0 saturated carbocycles. The third-order valence-corrected chi connectivity index (χ3v) is 2.05. The fourth-order valence-electron chi connectivity index (χ4n) is 1.01. The minimum atomic E-state index is -0.278. The summed E-state index contributed by atoms with van der Waals surface area (Å²) in [6.07, 6.45) is 0.782. The maximum absolute atomic E-state index is 10.4. The van der Waals surface area contributed by atoms with Crippen molar-refractivity contribution in [3.8, 4) is 11.5 Å². The molecule has 2 rings (SSSR count). The summed E-state index contributed by atoms with van der Waals surface area (Å²) in [7, 11) is 0. The van der Waals surface area contributed by atoms with Crippen LogP contribution in [0.25, 0.3) is 0 Å². The van der Waals surface area contributed by atoms with Crippen LogP contribution in [-0.2, 0) is 0 Å². The molecule has 12 heavy (non-hydrogen) atoms. The number of carbonyl (C=O) groups excluding carboxylic acids is 1. The lowest BCUT2D eigenvalue weighted by molar-refractivity contribution is 0.112. The van der Waals surface area contributed by atoms with Crippen molar-refractivity contribution >= 4 is 28.9 Å². The molecular weight excluding hydrogens is 271 g/mol. The second kappa shape index (κ2) is 2.93. The Balaban J connectivity index is 2.41. The number of rotatable bonds is 1. The number of aldehydes is 1. The highest BCUT2D eigenvalue weighted by atomic mass is 127. The third-order valence-electron chi connectivity index (χ3n) is 1.54. The van der Waals surface area contributed by atoms with E-state index in [-0.39, 0.29) is 4.30 Å². The summed E-state index contributed by atoms with van der Waals surface area (Å²) >= 11 is 2.02. The van der Waals surface area contributed by atoms with Crippen molar-refractivity contribution in [2.24, 2.45) is 0 Å². The molecule has 3 nitrogen and oxygen atoms in total. The van der Waals surface area contributed by atoms with E-state index in [0.717, 1.165) is 6.29 Å². The van der Waals surface area contributed by atoms with Crippen molar-refractivity contribution in [1.82, 2.24) is 0 Å². The maximum atomic E-state index is 10.4. The van der Waals surface area contributed by atoms with Crippen molar-refractivity contribution in [3.05, 3.63) is 23.8 Å². The Hall–Kier alpha value is -0.780. The van der Waals surface area contributed by atoms with Gasteiger partial charge < -0.3 is 9.47 Å². The van der Waals surface area contributed by atoms with E-state index < -0.39 is 0 Å². The third kappa shape index (κ3) is 1.26. The zero-order valence-corrected chi connectivity index (χ0v) is 8.15. The van der Waals surface area contributed by atoms with Gasteiger partial charge in [0.15, 0.2) is 11.5 Å². The van der Waals surface area contributed by atoms with Gasteiger partial charge in [0.05, 0.1) is 0 Å². The van der Waals surface area contributed by atoms with Gasteiger partial charge in [-0.15, -0.1) is 0 Å². The van der Waals surface area contributed by atoms with Crippen molar-refractivity contribution in [3.63, 3.8) is 0 Å². The van der Waals surface area contributed by atoms with Gasteiger partial charge in [-0.2, -0.15) is 0 Å². The molecule has 0 radical (unpaired) electrons. The lowest BCUT2D eigenvalue weighted by Gasteiger charge is -1.97. The van der Waals surface area contributed by atoms with Crippen LogP contribution in [0.5, 0.6) is 11.5 Å². The fourth-order valence-corrected chi connectivity index (χ4v) is 1.56. The number of carbonyl (C=O) groups is 1. The molecular formula is C8H5IO3. The van der Waals surface area contributed by atoms with E-state index in [1.807, 2.05) is 22.6 Å². The van der Waals surface area contributed by atoms with Gasteiger partial charge >= 0.3 is 0 Å². The summed E-state index contributed by atoms with van der Waals surface area (Å²) in [6.45, 7) is 0. The molecule has 62 valence electrons. The van der Waals surface area contributed by atoms with Crippen molar-refractivity contribution in [2.45, 2.75) is 4.30 Å². The van der Waals surface area contributed by atoms with Crippen LogP contribution in [0.15, 0.2) is 18.2 Å². The molecule has 0 bridgehead atoms. The Bertz CT molecular complexity index is 324. The number of fused-ring (bicyclic) bond motifs is 1. The summed E-state index contributed by atoms with van der Waals surface area (Å²) in [4.78, 5) is 10.4. The number of ether oxygens (including phenoxy) is 2. The normalized spacial score (nSPS) is 19.2. The monoisotopic (exact) mass is 276 g/mol. The minimum absolute atomic E-state index is 0.278. The highest BCUT2D eigenvalue weighted by Gasteiger charge is 2.20. The van der Waals surface area contributed by atoms with Crippen LogP contribution in [0.4, 0.5) is 0 Å². The first-order chi connectivity index (χ1) is 5.79. The molecule has 1 aromatic carbocycles. The van der Waals surface area contributed by atoms with E-state index in [9.17, 15) is 4.79 Å². The lowest BCUT2D eigenvalue weighted by Crippen LogP contribution is -2.06. The van der Waals surface area contributed by atoms with Gasteiger partial charge in [-0.05, 0) is 18.2 Å². The molecule has 0 spiro atoms. The Labute approximate surface area is 82.8 Å². The molecule has 0 amide bonds. The van der Waals surface area contributed by atoms with Crippen molar-refractivity contribution in [2.75, 3.05) is 0 Å². The summed E-state index contributed by atoms with van der Waals surface area (Å²) in [6, 6.07) is 5.10. The lowest BCUT2D eigenvalue weighted by atomic mass is 10.2. The Kier molecular flexibility index (Phi) is 1.92. The number of alkyl halides is 1. The average molecular weight is 276 g/mol. The Morgan fingerprint density at radius 3 is 2.83 bits per heavy atom. The molecule has 0 saturated heterocycles. The molecule has 4 heteroatoms. The van der Waals surface area contributed by atoms with Crippen LogP contribution < -0.4 is 9.47 Å². The molecule has 1 aromatic rings. The molecule has 1 atom stereocenters. The van der Waals surface area contributed by atoms with Crippen LogP contribution in [0.3, 0.4) is 0 Å². The van der Waals surface area contributed by atoms with Gasteiger partial charge in [0.25, 0.3) is 4.30 Å². The quantitative estimate of drug-likeness (QED) is 0.447. The summed E-state index contributed by atoms with van der Waals surface area (Å²) in [5.41, 5.74) is 0.600. The Morgan fingerprint density at radius 2 is 2.08 bits per heavy atom. The van der Waals surface area contributed by atoms with Crippen LogP contribution in [0.2, 0.25) is 0 Å². The first-order valence-corrected chi connectivity index (χ1v) is 4.61. The predicted molar refractivity (Wildman–Crippen MR) is 50.9 cm³/mol. The molecule has 0 fully saturated rings. The van der Waals surface area contributed by atoms with Gasteiger partial charge in [0.2, 0.25) is 0 Å². The minimum Gasteiger partial charge on any atom is -0.442 e. The van der Waals surface area contributed by atoms with Crippen molar-refractivity contribution < 1.29 is 14.3 Å². The number of halogens is 1. The van der Waals surface area contributed by atoms with Crippen LogP contribution in [-0.4, -0.2) is 10.6 Å². The van der Waals surface area contributed by atoms with Crippen LogP contribution in [0, 0.1) is 0 Å². The second-order valence-corrected chi connectivity index (χ2v) is 3.35. The predicted octanol–water partition coefficient (Wildman–Crippen LogP) is 1.99. The molecule has 0 N–H and O–H groups in total. The highest BCUT2D eigenvalue weighted by Crippen LogP contribution is 2.36. The fraction of sp³-hybridized carbons (Fsp3) is 0.125. The van der Waals surface area contributed by atoms with Gasteiger partial charge in [0.1, 0.15) is 6.29 Å². The molecule has 1 aliphatic rings. The smallest absolute Gasteiger partial charge is 0.292 e. The maximum Gasteiger partial charge on any atom is 0.292 e. The largest absolute Gasteiger partial charge is 0.442 e. The average Bonchev–Trinajstić information content (AvgIpc) is 2.43. The summed E-state index contributed by atoms with van der Waals surface area (Å²) in [5.74, 6) is 1.33.